The van der Waals surface area contributed by atoms with E-state index in [1.165, 1.54) is 86.1 Å². The number of aryl methyl sites for hydroxylation is 8. The molecule has 141 heavy (non-hydrogen) atoms. The molecule has 8 aliphatic rings. The van der Waals surface area contributed by atoms with Crippen LogP contribution in [0.2, 0.25) is 0 Å². The number of nitrogens with one attached hydrogen (secondary N) is 8. The van der Waals surface area contributed by atoms with Gasteiger partial charge in [0.2, 0.25) is 0 Å². The number of ether oxygens (including phenoxy) is 8. The summed E-state index contributed by atoms with van der Waals surface area (Å²) in [5, 5.41) is 148. The number of H-pyrrole nitrogens is 8. The Morgan fingerprint density at radius 3 is 0.383 bits per heavy atom. The Morgan fingerprint density at radius 1 is 0.227 bits per heavy atom. The largest absolute Gasteiger partial charge is 0.394 e. The summed E-state index contributed by atoms with van der Waals surface area (Å²) < 4.78 is 61.7. The Hall–Kier alpha value is -11.4. The molecule has 24 atom stereocenters. The second-order valence-electron chi connectivity index (χ2n) is 33.6. The summed E-state index contributed by atoms with van der Waals surface area (Å²) in [4.78, 5) is 215. The van der Waals surface area contributed by atoms with Crippen molar-refractivity contribution in [2.45, 2.75) is 254 Å². The highest BCUT2D eigenvalue weighted by molar-refractivity contribution is 7.50. The molecule has 0 saturated carbocycles. The SMILES string of the molecule is CP(=O)(O)O.Cc1cn([C@H]2C[C@H](O)[C@@H](CO)O2)c(=O)[nH]c1=O.Cc1cn([C@H]2C[C@H](O)[C@@H](CO)O2)c(=O)[nH]c1=O.Cc1cn([C@H]2C[C@H](O)[C@@H](CO)O2)c(=O)[nH]c1=O.Cc1cn([C@H]2C[C@H](O)[C@@H](CO)O2)c(=O)[nH]c1=O.Cc1cn([C@H]2C[C@H](O)[C@@H](CO)O2)c(=O)[nH]c1=O.Cc1cn([C@H]2C[C@H](O)[C@@H](CO)O2)c(=O)[nH]c1=O.Cc1cn([C@H]2C[C@H](O)[C@@H](CO)O2)c(=O)[nH]c1=O.Cc1cn([C@H]2C[C@H](O)[C@@H](CO)O2)c(=O)[nH]c1=O. The zero-order chi connectivity index (χ0) is 105. The van der Waals surface area contributed by atoms with Crippen molar-refractivity contribution >= 4 is 7.60 Å². The minimum Gasteiger partial charge on any atom is -0.394 e. The summed E-state index contributed by atoms with van der Waals surface area (Å²) in [5.41, 5.74) is -5.15. The molecule has 16 heterocycles. The van der Waals surface area contributed by atoms with Crippen molar-refractivity contribution in [2.75, 3.05) is 59.5 Å². The van der Waals surface area contributed by atoms with E-state index in [4.69, 9.17) is 88.5 Å². The maximum absolute atomic E-state index is 11.6. The average Bonchev–Trinajstić information content (AvgIpc) is 1.62. The van der Waals surface area contributed by atoms with Crippen LogP contribution in [0.3, 0.4) is 0 Å². The lowest BCUT2D eigenvalue weighted by atomic mass is 10.2. The van der Waals surface area contributed by atoms with E-state index in [-0.39, 0.29) is 104 Å². The molecule has 8 aromatic rings. The van der Waals surface area contributed by atoms with E-state index >= 15 is 0 Å². The highest BCUT2D eigenvalue weighted by Crippen LogP contribution is 2.34. The second kappa shape index (κ2) is 51.0. The molecule has 784 valence electrons. The van der Waals surface area contributed by atoms with Crippen molar-refractivity contribution in [1.82, 2.24) is 76.4 Å². The van der Waals surface area contributed by atoms with E-state index in [2.05, 4.69) is 39.9 Å². The van der Waals surface area contributed by atoms with Crippen molar-refractivity contribution in [1.29, 1.82) is 0 Å². The van der Waals surface area contributed by atoms with E-state index in [9.17, 15) is 122 Å². The highest BCUT2D eigenvalue weighted by atomic mass is 31.2. The van der Waals surface area contributed by atoms with Gasteiger partial charge in [0.15, 0.2) is 0 Å². The van der Waals surface area contributed by atoms with Gasteiger partial charge in [0, 0.05) is 152 Å². The number of aromatic amines is 8. The normalized spacial score (nSPS) is 27.9. The Labute approximate surface area is 789 Å². The third kappa shape index (κ3) is 30.4. The van der Waals surface area contributed by atoms with Crippen LogP contribution in [0, 0.1) is 55.4 Å². The molecule has 59 nitrogen and oxygen atoms in total. The Bertz CT molecular complexity index is 5500. The zero-order valence-corrected chi connectivity index (χ0v) is 78.0. The first-order chi connectivity index (χ1) is 66.2. The maximum atomic E-state index is 11.6. The molecule has 8 saturated heterocycles. The van der Waals surface area contributed by atoms with Crippen molar-refractivity contribution < 1.29 is 134 Å². The number of rotatable bonds is 16. The fourth-order valence-electron chi connectivity index (χ4n) is 14.8. The summed E-state index contributed by atoms with van der Waals surface area (Å²) in [5.74, 6) is 0. The maximum Gasteiger partial charge on any atom is 0.330 e. The van der Waals surface area contributed by atoms with Gasteiger partial charge in [0.1, 0.15) is 98.7 Å². The number of hydrogen-bond acceptors (Lipinski definition) is 41. The predicted molar refractivity (Wildman–Crippen MR) is 479 cm³/mol. The lowest BCUT2D eigenvalue weighted by Gasteiger charge is -2.14. The summed E-state index contributed by atoms with van der Waals surface area (Å²) in [7, 11) is -3.64. The van der Waals surface area contributed by atoms with Crippen molar-refractivity contribution in [2.24, 2.45) is 0 Å². The van der Waals surface area contributed by atoms with Crippen LogP contribution in [0.25, 0.3) is 0 Å². The molecular weight excluding hydrogens is 1920 g/mol. The number of hydrogen-bond donors (Lipinski definition) is 26. The molecule has 0 radical (unpaired) electrons. The lowest BCUT2D eigenvalue weighted by molar-refractivity contribution is -0.0459. The lowest BCUT2D eigenvalue weighted by Crippen LogP contribution is -2.33. The minimum absolute atomic E-state index is 0.205. The quantitative estimate of drug-likeness (QED) is 0.0400. The molecular formula is C81H117N16O43P. The van der Waals surface area contributed by atoms with Gasteiger partial charge in [-0.05, 0) is 55.4 Å². The molecule has 16 rings (SSSR count). The minimum atomic E-state index is -3.64. The van der Waals surface area contributed by atoms with Crippen LogP contribution in [0.5, 0.6) is 0 Å². The summed E-state index contributed by atoms with van der Waals surface area (Å²) in [6.45, 7) is 11.0. The second-order valence-corrected chi connectivity index (χ2v) is 35.3. The van der Waals surface area contributed by atoms with Crippen LogP contribution >= 0.6 is 7.60 Å². The van der Waals surface area contributed by atoms with Crippen LogP contribution < -0.4 is 90.0 Å². The first kappa shape index (κ1) is 115. The molecule has 0 bridgehead atoms. The third-order valence-electron chi connectivity index (χ3n) is 22.7. The first-order valence-electron chi connectivity index (χ1n) is 43.4. The van der Waals surface area contributed by atoms with Gasteiger partial charge < -0.3 is 129 Å². The molecule has 8 aromatic heterocycles. The highest BCUT2D eigenvalue weighted by Gasteiger charge is 2.42. The average molecular weight is 2030 g/mol. The Balaban J connectivity index is 0.000000196. The Kier molecular flexibility index (Phi) is 41.6. The van der Waals surface area contributed by atoms with E-state index in [0.29, 0.717) is 44.5 Å². The van der Waals surface area contributed by atoms with Gasteiger partial charge in [-0.2, -0.15) is 0 Å². The smallest absolute Gasteiger partial charge is 0.330 e. The fraction of sp³-hybridized carbons (Fsp3) is 0.605. The molecule has 8 aliphatic heterocycles. The van der Waals surface area contributed by atoms with Gasteiger partial charge in [-0.25, -0.2) is 38.4 Å². The standard InChI is InChI=1S/8C10H14N2O5.CH5O3P/c8*1-5-3-12(10(16)11-9(5)15)8-2-6(14)7(4-13)17-8;1-5(2,3)4/h8*3,6-8,13-14H,2,4H2,1H3,(H,11,15,16);1H3,(H2,2,3,4)/t8*6-,7+,8+;/m00000000./s1. The Morgan fingerprint density at radius 2 is 0.312 bits per heavy atom. The van der Waals surface area contributed by atoms with Gasteiger partial charge in [-0.3, -0.25) is 119 Å². The number of aliphatic hydroxyl groups excluding tert-OH is 16. The molecule has 0 spiro atoms. The molecule has 60 heteroatoms. The van der Waals surface area contributed by atoms with Gasteiger partial charge in [-0.15, -0.1) is 0 Å². The monoisotopic (exact) mass is 2030 g/mol. The van der Waals surface area contributed by atoms with Gasteiger partial charge in [-0.1, -0.05) is 0 Å². The van der Waals surface area contributed by atoms with Gasteiger partial charge >= 0.3 is 53.1 Å². The zero-order valence-electron chi connectivity index (χ0n) is 77.1. The predicted octanol–water partition coefficient (Wildman–Crippen LogP) is -12.3. The molecule has 0 amide bonds. The molecule has 0 aromatic carbocycles. The fourth-order valence-corrected chi connectivity index (χ4v) is 14.8. The topological polar surface area (TPSA) is 894 Å². The van der Waals surface area contributed by atoms with E-state index in [1.54, 1.807) is 55.4 Å². The van der Waals surface area contributed by atoms with Gasteiger partial charge in [0.05, 0.1) is 102 Å². The van der Waals surface area contributed by atoms with E-state index < -0.39 is 245 Å². The molecule has 26 N–H and O–H groups in total. The van der Waals surface area contributed by atoms with Crippen LogP contribution in [0.4, 0.5) is 0 Å². The van der Waals surface area contributed by atoms with E-state index in [0.717, 1.165) is 6.66 Å². The summed E-state index contributed by atoms with van der Waals surface area (Å²) in [6, 6.07) is 0. The first-order valence-corrected chi connectivity index (χ1v) is 45.4. The number of aromatic nitrogens is 16. The van der Waals surface area contributed by atoms with Gasteiger partial charge in [0.25, 0.3) is 44.5 Å². The van der Waals surface area contributed by atoms with E-state index in [1.807, 2.05) is 0 Å². The van der Waals surface area contributed by atoms with Crippen LogP contribution in [0.1, 0.15) is 146 Å². The van der Waals surface area contributed by atoms with Crippen LogP contribution in [-0.2, 0) is 42.5 Å². The summed E-state index contributed by atoms with van der Waals surface area (Å²) >= 11 is 0. The molecule has 0 unspecified atom stereocenters. The van der Waals surface area contributed by atoms with Crippen molar-refractivity contribution in [3.05, 3.63) is 261 Å². The summed E-state index contributed by atoms with van der Waals surface area (Å²) in [6.07, 6.45) is -4.64. The molecule has 8 fully saturated rings. The number of aliphatic hydroxyl groups is 16. The van der Waals surface area contributed by atoms with Crippen molar-refractivity contribution in [3.8, 4) is 0 Å². The number of nitrogens with zero attached hydrogens (tertiary/aromatic N) is 8. The van der Waals surface area contributed by atoms with Crippen molar-refractivity contribution in [3.63, 3.8) is 0 Å². The third-order valence-corrected chi connectivity index (χ3v) is 22.7. The van der Waals surface area contributed by atoms with Crippen LogP contribution in [-0.4, -0.2) is 325 Å². The van der Waals surface area contributed by atoms with Crippen LogP contribution in [0.15, 0.2) is 126 Å². The molecule has 0 aliphatic carbocycles.